The van der Waals surface area contributed by atoms with Crippen molar-refractivity contribution in [2.24, 2.45) is 11.7 Å². The summed E-state index contributed by atoms with van der Waals surface area (Å²) in [5, 5.41) is 4.52. The number of nitrogens with zero attached hydrogens (tertiary/aromatic N) is 2. The normalized spacial score (nSPS) is 23.1. The lowest BCUT2D eigenvalue weighted by Crippen LogP contribution is -2.27. The molecule has 0 bridgehead atoms. The molecule has 5 nitrogen and oxygen atoms in total. The molecule has 1 aromatic heterocycles. The summed E-state index contributed by atoms with van der Waals surface area (Å²) in [5.41, 5.74) is 8.47. The van der Waals surface area contributed by atoms with Gasteiger partial charge in [0.25, 0.3) is 0 Å². The van der Waals surface area contributed by atoms with Crippen molar-refractivity contribution in [3.8, 4) is 0 Å². The lowest BCUT2D eigenvalue weighted by Gasteiger charge is -2.15. The number of aromatic nitrogens is 2. The minimum absolute atomic E-state index is 0.0139. The molecule has 0 aromatic carbocycles. The first kappa shape index (κ1) is 15.5. The number of sulfone groups is 1. The number of nitrogens with two attached hydrogens (primary N) is 1. The van der Waals surface area contributed by atoms with Crippen LogP contribution in [0.3, 0.4) is 0 Å². The predicted octanol–water partition coefficient (Wildman–Crippen LogP) is 1.16. The van der Waals surface area contributed by atoms with Crippen molar-refractivity contribution in [3.63, 3.8) is 0 Å². The maximum absolute atomic E-state index is 11.5. The van der Waals surface area contributed by atoms with E-state index < -0.39 is 9.84 Å². The summed E-state index contributed by atoms with van der Waals surface area (Å²) >= 11 is 0. The third-order valence-electron chi connectivity index (χ3n) is 4.01. The Morgan fingerprint density at radius 3 is 2.80 bits per heavy atom. The van der Waals surface area contributed by atoms with Crippen LogP contribution in [0.25, 0.3) is 0 Å². The standard InChI is InChI=1S/C14H25N3O2S/c1-3-13-9-14(17(4-2)16-13)8-12(15)7-11-5-6-20(18,19)10-11/h9,11-12H,3-8,10,15H2,1-2H3. The van der Waals surface area contributed by atoms with Crippen LogP contribution >= 0.6 is 0 Å². The first-order chi connectivity index (χ1) is 9.43. The molecule has 20 heavy (non-hydrogen) atoms. The molecule has 1 aromatic rings. The Bertz CT molecular complexity index is 551. The maximum atomic E-state index is 11.5. The first-order valence-electron chi connectivity index (χ1n) is 7.45. The van der Waals surface area contributed by atoms with Crippen LogP contribution in [-0.2, 0) is 29.2 Å². The zero-order valence-corrected chi connectivity index (χ0v) is 13.2. The fraction of sp³-hybridized carbons (Fsp3) is 0.786. The molecule has 0 saturated carbocycles. The number of hydrogen-bond donors (Lipinski definition) is 1. The van der Waals surface area contributed by atoms with E-state index in [1.54, 1.807) is 0 Å². The number of rotatable bonds is 6. The molecule has 0 aliphatic carbocycles. The topological polar surface area (TPSA) is 78.0 Å². The van der Waals surface area contributed by atoms with Gasteiger partial charge < -0.3 is 5.73 Å². The van der Waals surface area contributed by atoms with Crippen LogP contribution in [0, 0.1) is 5.92 Å². The van der Waals surface area contributed by atoms with E-state index in [1.807, 2.05) is 4.68 Å². The van der Waals surface area contributed by atoms with E-state index in [0.29, 0.717) is 11.5 Å². The molecule has 114 valence electrons. The van der Waals surface area contributed by atoms with E-state index in [4.69, 9.17) is 5.73 Å². The van der Waals surface area contributed by atoms with E-state index in [9.17, 15) is 8.42 Å². The highest BCUT2D eigenvalue weighted by molar-refractivity contribution is 7.91. The van der Waals surface area contributed by atoms with E-state index in [1.165, 1.54) is 0 Å². The summed E-state index contributed by atoms with van der Waals surface area (Å²) in [7, 11) is -2.80. The Hall–Kier alpha value is -0.880. The molecule has 1 aliphatic rings. The van der Waals surface area contributed by atoms with Crippen LogP contribution in [0.5, 0.6) is 0 Å². The van der Waals surface area contributed by atoms with Crippen LogP contribution in [0.2, 0.25) is 0 Å². The Morgan fingerprint density at radius 1 is 1.50 bits per heavy atom. The van der Waals surface area contributed by atoms with Gasteiger partial charge in [-0.25, -0.2) is 8.42 Å². The monoisotopic (exact) mass is 299 g/mol. The largest absolute Gasteiger partial charge is 0.327 e. The van der Waals surface area contributed by atoms with Crippen molar-refractivity contribution in [2.75, 3.05) is 11.5 Å². The van der Waals surface area contributed by atoms with E-state index in [-0.39, 0.29) is 12.0 Å². The summed E-state index contributed by atoms with van der Waals surface area (Å²) in [6.07, 6.45) is 3.26. The van der Waals surface area contributed by atoms with Crippen molar-refractivity contribution >= 4 is 9.84 Å². The van der Waals surface area contributed by atoms with Crippen molar-refractivity contribution in [3.05, 3.63) is 17.5 Å². The van der Waals surface area contributed by atoms with E-state index in [2.05, 4.69) is 25.0 Å². The predicted molar refractivity (Wildman–Crippen MR) is 80.3 cm³/mol. The van der Waals surface area contributed by atoms with Gasteiger partial charge in [0.1, 0.15) is 0 Å². The second-order valence-electron chi connectivity index (χ2n) is 5.77. The van der Waals surface area contributed by atoms with Crippen molar-refractivity contribution in [1.82, 2.24) is 9.78 Å². The number of hydrogen-bond acceptors (Lipinski definition) is 4. The molecule has 1 saturated heterocycles. The average molecular weight is 299 g/mol. The summed E-state index contributed by atoms with van der Waals surface area (Å²) < 4.78 is 24.9. The fourth-order valence-corrected chi connectivity index (χ4v) is 4.84. The Morgan fingerprint density at radius 2 is 2.25 bits per heavy atom. The molecule has 0 amide bonds. The van der Waals surface area contributed by atoms with Gasteiger partial charge in [-0.1, -0.05) is 6.92 Å². The maximum Gasteiger partial charge on any atom is 0.150 e. The molecule has 2 unspecified atom stereocenters. The average Bonchev–Trinajstić information content (AvgIpc) is 2.92. The van der Waals surface area contributed by atoms with Crippen molar-refractivity contribution in [1.29, 1.82) is 0 Å². The van der Waals surface area contributed by atoms with Crippen LogP contribution < -0.4 is 5.73 Å². The highest BCUT2D eigenvalue weighted by Gasteiger charge is 2.29. The quantitative estimate of drug-likeness (QED) is 0.855. The molecular weight excluding hydrogens is 274 g/mol. The molecule has 0 spiro atoms. The molecule has 1 aliphatic heterocycles. The van der Waals surface area contributed by atoms with Crippen LogP contribution in [0.15, 0.2) is 6.07 Å². The minimum Gasteiger partial charge on any atom is -0.327 e. The zero-order chi connectivity index (χ0) is 14.8. The smallest absolute Gasteiger partial charge is 0.150 e. The van der Waals surface area contributed by atoms with Crippen LogP contribution in [0.4, 0.5) is 0 Å². The highest BCUT2D eigenvalue weighted by Crippen LogP contribution is 2.23. The SMILES string of the molecule is CCc1cc(CC(N)CC2CCS(=O)(=O)C2)n(CC)n1. The van der Waals surface area contributed by atoms with Gasteiger partial charge in [0.15, 0.2) is 9.84 Å². The van der Waals surface area contributed by atoms with Crippen molar-refractivity contribution in [2.45, 2.75) is 52.1 Å². The fourth-order valence-electron chi connectivity index (χ4n) is 2.96. The van der Waals surface area contributed by atoms with Gasteiger partial charge in [-0.05, 0) is 38.2 Å². The molecule has 1 fully saturated rings. The summed E-state index contributed by atoms with van der Waals surface area (Å²) in [4.78, 5) is 0. The Labute approximate surface area is 121 Å². The molecule has 0 radical (unpaired) electrons. The Balaban J connectivity index is 1.94. The molecule has 2 N–H and O–H groups in total. The third kappa shape index (κ3) is 3.82. The molecule has 6 heteroatoms. The van der Waals surface area contributed by atoms with Gasteiger partial charge in [-0.15, -0.1) is 0 Å². The lowest BCUT2D eigenvalue weighted by molar-refractivity contribution is 0.457. The minimum atomic E-state index is -2.80. The summed E-state index contributed by atoms with van der Waals surface area (Å²) in [6.45, 7) is 5.01. The second-order valence-corrected chi connectivity index (χ2v) is 7.99. The molecular formula is C14H25N3O2S. The van der Waals surface area contributed by atoms with E-state index >= 15 is 0 Å². The van der Waals surface area contributed by atoms with Gasteiger partial charge >= 0.3 is 0 Å². The second kappa shape index (κ2) is 6.26. The Kier molecular flexibility index (Phi) is 4.86. The summed E-state index contributed by atoms with van der Waals surface area (Å²) in [6, 6.07) is 2.13. The summed E-state index contributed by atoms with van der Waals surface area (Å²) in [5.74, 6) is 0.879. The van der Waals surface area contributed by atoms with Crippen LogP contribution in [-0.4, -0.2) is 35.7 Å². The van der Waals surface area contributed by atoms with Crippen molar-refractivity contribution < 1.29 is 8.42 Å². The highest BCUT2D eigenvalue weighted by atomic mass is 32.2. The van der Waals surface area contributed by atoms with Gasteiger partial charge in [0, 0.05) is 24.7 Å². The van der Waals surface area contributed by atoms with Gasteiger partial charge in [0.05, 0.1) is 17.2 Å². The van der Waals surface area contributed by atoms with Gasteiger partial charge in [0.2, 0.25) is 0 Å². The van der Waals surface area contributed by atoms with Crippen LogP contribution in [0.1, 0.15) is 38.1 Å². The molecule has 2 rings (SSSR count). The molecule has 2 heterocycles. The third-order valence-corrected chi connectivity index (χ3v) is 5.85. The molecule has 2 atom stereocenters. The van der Waals surface area contributed by atoms with E-state index in [0.717, 1.165) is 43.6 Å². The first-order valence-corrected chi connectivity index (χ1v) is 9.27. The number of aryl methyl sites for hydroxylation is 2. The van der Waals surface area contributed by atoms with Gasteiger partial charge in [-0.2, -0.15) is 5.10 Å². The lowest BCUT2D eigenvalue weighted by atomic mass is 9.97. The van der Waals surface area contributed by atoms with Gasteiger partial charge in [-0.3, -0.25) is 4.68 Å². The zero-order valence-electron chi connectivity index (χ0n) is 12.4.